The van der Waals surface area contributed by atoms with Crippen LogP contribution in [0.5, 0.6) is 5.75 Å². The first-order valence-corrected chi connectivity index (χ1v) is 9.50. The summed E-state index contributed by atoms with van der Waals surface area (Å²) in [6.07, 6.45) is 5.94. The van der Waals surface area contributed by atoms with E-state index in [0.29, 0.717) is 0 Å². The zero-order valence-electron chi connectivity index (χ0n) is 14.7. The topological polar surface area (TPSA) is 139 Å². The average Bonchev–Trinajstić information content (AvgIpc) is 3.33. The summed E-state index contributed by atoms with van der Waals surface area (Å²) in [6.45, 7) is -0.747. The molecule has 1 N–H and O–H groups in total. The van der Waals surface area contributed by atoms with Crippen molar-refractivity contribution in [3.63, 3.8) is 0 Å². The minimum Gasteiger partial charge on any atom is -0.479 e. The van der Waals surface area contributed by atoms with Gasteiger partial charge in [0.15, 0.2) is 6.61 Å². The van der Waals surface area contributed by atoms with Gasteiger partial charge in [-0.2, -0.15) is 10.1 Å². The molecule has 2 fully saturated rings. The molecule has 4 unspecified atom stereocenters. The standard InChI is InChI=1S/C18H14BrN3O7/c19-11-3-8(4-12(22(27)28)16(11)29-7-13(23)24)6-20-21-17(25)14-9-1-2-10(5-9)15(14)18(21)26/h1-4,6,9-10,14-15H,5,7H2,(H,23,24). The molecule has 1 saturated heterocycles. The van der Waals surface area contributed by atoms with E-state index < -0.39 is 23.2 Å². The number of nitrogens with zero attached hydrogens (tertiary/aromatic N) is 3. The quantitative estimate of drug-likeness (QED) is 0.223. The molecule has 1 aromatic rings. The minimum absolute atomic E-state index is 0.0579. The van der Waals surface area contributed by atoms with Crippen molar-refractivity contribution in [1.82, 2.24) is 5.01 Å². The van der Waals surface area contributed by atoms with Crippen molar-refractivity contribution in [2.45, 2.75) is 6.42 Å². The number of halogens is 1. The average molecular weight is 464 g/mol. The van der Waals surface area contributed by atoms with Crippen LogP contribution in [0.25, 0.3) is 0 Å². The van der Waals surface area contributed by atoms with Gasteiger partial charge in [0.2, 0.25) is 5.75 Å². The highest BCUT2D eigenvalue weighted by Gasteiger charge is 2.59. The molecule has 29 heavy (non-hydrogen) atoms. The van der Waals surface area contributed by atoms with Crippen LogP contribution in [0.4, 0.5) is 5.69 Å². The van der Waals surface area contributed by atoms with Gasteiger partial charge in [-0.1, -0.05) is 12.2 Å². The number of rotatable bonds is 6. The number of allylic oxidation sites excluding steroid dienone is 2. The van der Waals surface area contributed by atoms with Crippen LogP contribution in [-0.4, -0.2) is 45.6 Å². The summed E-state index contributed by atoms with van der Waals surface area (Å²) in [5.74, 6) is -2.89. The summed E-state index contributed by atoms with van der Waals surface area (Å²) in [5.41, 5.74) is -0.231. The van der Waals surface area contributed by atoms with E-state index in [-0.39, 0.29) is 51.3 Å². The zero-order chi connectivity index (χ0) is 20.9. The smallest absolute Gasteiger partial charge is 0.341 e. The van der Waals surface area contributed by atoms with E-state index in [2.05, 4.69) is 21.0 Å². The van der Waals surface area contributed by atoms with Crippen LogP contribution in [0.1, 0.15) is 12.0 Å². The number of amides is 2. The number of carboxylic acid groups (broad SMARTS) is 1. The van der Waals surface area contributed by atoms with Crippen LogP contribution < -0.4 is 4.74 Å². The van der Waals surface area contributed by atoms with E-state index >= 15 is 0 Å². The maximum absolute atomic E-state index is 12.6. The van der Waals surface area contributed by atoms with Crippen molar-refractivity contribution in [2.24, 2.45) is 28.8 Å². The van der Waals surface area contributed by atoms with Gasteiger partial charge in [-0.05, 0) is 40.3 Å². The first-order chi connectivity index (χ1) is 13.8. The monoisotopic (exact) mass is 463 g/mol. The molecular weight excluding hydrogens is 450 g/mol. The maximum atomic E-state index is 12.6. The van der Waals surface area contributed by atoms with Crippen molar-refractivity contribution in [3.8, 4) is 5.75 Å². The lowest BCUT2D eigenvalue weighted by molar-refractivity contribution is -0.385. The number of benzene rings is 1. The lowest BCUT2D eigenvalue weighted by Crippen LogP contribution is -2.28. The lowest BCUT2D eigenvalue weighted by Gasteiger charge is -2.13. The Morgan fingerprint density at radius 2 is 1.93 bits per heavy atom. The summed E-state index contributed by atoms with van der Waals surface area (Å²) in [4.78, 5) is 46.5. The van der Waals surface area contributed by atoms with Crippen molar-refractivity contribution in [3.05, 3.63) is 44.4 Å². The van der Waals surface area contributed by atoms with E-state index in [1.54, 1.807) is 0 Å². The predicted molar refractivity (Wildman–Crippen MR) is 101 cm³/mol. The second-order valence-electron chi connectivity index (χ2n) is 7.02. The molecule has 0 spiro atoms. The predicted octanol–water partition coefficient (Wildman–Crippen LogP) is 1.96. The normalized spacial score (nSPS) is 27.1. The summed E-state index contributed by atoms with van der Waals surface area (Å²) < 4.78 is 5.13. The van der Waals surface area contributed by atoms with E-state index in [1.807, 2.05) is 12.2 Å². The van der Waals surface area contributed by atoms with Crippen LogP contribution >= 0.6 is 15.9 Å². The molecule has 1 aromatic carbocycles. The second-order valence-corrected chi connectivity index (χ2v) is 7.88. The fraction of sp³-hybridized carbons (Fsp3) is 0.333. The van der Waals surface area contributed by atoms with E-state index in [4.69, 9.17) is 9.84 Å². The molecular formula is C18H14BrN3O7. The van der Waals surface area contributed by atoms with Crippen LogP contribution in [0.2, 0.25) is 0 Å². The molecule has 3 aliphatic rings. The maximum Gasteiger partial charge on any atom is 0.341 e. The number of aliphatic carboxylic acids is 1. The third-order valence-electron chi connectivity index (χ3n) is 5.35. The first-order valence-electron chi connectivity index (χ1n) is 8.70. The van der Waals surface area contributed by atoms with Crippen molar-refractivity contribution < 1.29 is 29.2 Å². The van der Waals surface area contributed by atoms with Crippen LogP contribution in [0.15, 0.2) is 33.9 Å². The van der Waals surface area contributed by atoms with Gasteiger partial charge in [0, 0.05) is 11.6 Å². The highest BCUT2D eigenvalue weighted by Crippen LogP contribution is 2.52. The van der Waals surface area contributed by atoms with Gasteiger partial charge in [0.05, 0.1) is 27.4 Å². The Kier molecular flexibility index (Phi) is 4.69. The Hall–Kier alpha value is -3.08. The molecule has 0 radical (unpaired) electrons. The summed E-state index contributed by atoms with van der Waals surface area (Å²) in [7, 11) is 0. The Balaban J connectivity index is 1.59. The number of carboxylic acids is 1. The number of carbonyl (C=O) groups excluding carboxylic acids is 2. The summed E-state index contributed by atoms with van der Waals surface area (Å²) in [5, 5.41) is 24.9. The molecule has 11 heteroatoms. The number of nitro benzene ring substituents is 1. The molecule has 2 bridgehead atoms. The number of hydrazone groups is 1. The molecule has 150 valence electrons. The number of nitro groups is 1. The van der Waals surface area contributed by atoms with Gasteiger partial charge in [0.25, 0.3) is 11.8 Å². The fourth-order valence-electron chi connectivity index (χ4n) is 4.21. The molecule has 1 heterocycles. The highest BCUT2D eigenvalue weighted by molar-refractivity contribution is 9.10. The molecule has 0 aromatic heterocycles. The van der Waals surface area contributed by atoms with Gasteiger partial charge in [-0.25, -0.2) is 4.79 Å². The largest absolute Gasteiger partial charge is 0.479 e. The zero-order valence-corrected chi connectivity index (χ0v) is 16.3. The van der Waals surface area contributed by atoms with Crippen LogP contribution in [0, 0.1) is 33.8 Å². The molecule has 4 atom stereocenters. The molecule has 1 aliphatic heterocycles. The van der Waals surface area contributed by atoms with Crippen molar-refractivity contribution in [1.29, 1.82) is 0 Å². The minimum atomic E-state index is -1.28. The molecule has 2 aliphatic carbocycles. The summed E-state index contributed by atoms with van der Waals surface area (Å²) in [6, 6.07) is 2.55. The number of imide groups is 1. The third-order valence-corrected chi connectivity index (χ3v) is 5.94. The first kappa shape index (κ1) is 19.2. The van der Waals surface area contributed by atoms with Gasteiger partial charge < -0.3 is 9.84 Å². The van der Waals surface area contributed by atoms with E-state index in [1.165, 1.54) is 12.3 Å². The Bertz CT molecular complexity index is 975. The van der Waals surface area contributed by atoms with E-state index in [9.17, 15) is 24.5 Å². The lowest BCUT2D eigenvalue weighted by atomic mass is 9.85. The van der Waals surface area contributed by atoms with Gasteiger partial charge in [-0.15, -0.1) is 0 Å². The number of carbonyl (C=O) groups is 3. The number of hydrogen-bond donors (Lipinski definition) is 1. The molecule has 4 rings (SSSR count). The second kappa shape index (κ2) is 7.07. The highest BCUT2D eigenvalue weighted by atomic mass is 79.9. The van der Waals surface area contributed by atoms with Gasteiger partial charge in [-0.3, -0.25) is 19.7 Å². The molecule has 2 amide bonds. The Morgan fingerprint density at radius 3 is 2.48 bits per heavy atom. The molecule has 1 saturated carbocycles. The van der Waals surface area contributed by atoms with Crippen molar-refractivity contribution >= 4 is 45.6 Å². The van der Waals surface area contributed by atoms with Gasteiger partial charge in [0.1, 0.15) is 0 Å². The van der Waals surface area contributed by atoms with Crippen molar-refractivity contribution in [2.75, 3.05) is 6.61 Å². The van der Waals surface area contributed by atoms with Gasteiger partial charge >= 0.3 is 11.7 Å². The molecule has 10 nitrogen and oxygen atoms in total. The number of fused-ring (bicyclic) bond motifs is 5. The number of ether oxygens (including phenoxy) is 1. The summed E-state index contributed by atoms with van der Waals surface area (Å²) >= 11 is 3.12. The third kappa shape index (κ3) is 3.20. The fourth-order valence-corrected chi connectivity index (χ4v) is 4.79. The van der Waals surface area contributed by atoms with Crippen LogP contribution in [-0.2, 0) is 14.4 Å². The Morgan fingerprint density at radius 1 is 1.31 bits per heavy atom. The van der Waals surface area contributed by atoms with Crippen LogP contribution in [0.3, 0.4) is 0 Å². The number of hydrogen-bond acceptors (Lipinski definition) is 7. The van der Waals surface area contributed by atoms with E-state index in [0.717, 1.165) is 17.5 Å². The Labute approximate surface area is 172 Å². The SMILES string of the molecule is O=C(O)COc1c(Br)cc(C=NN2C(=O)C3C4C=CC(C4)C3C2=O)cc1[N+](=O)[O-].